The van der Waals surface area contributed by atoms with Gasteiger partial charge in [-0.1, -0.05) is 23.7 Å². The van der Waals surface area contributed by atoms with Crippen LogP contribution in [-0.4, -0.2) is 71.7 Å². The highest BCUT2D eigenvalue weighted by Crippen LogP contribution is 2.38. The Hall–Kier alpha value is -2.85. The zero-order chi connectivity index (χ0) is 27.6. The van der Waals surface area contributed by atoms with E-state index in [2.05, 4.69) is 20.7 Å². The number of halogens is 1. The van der Waals surface area contributed by atoms with Gasteiger partial charge < -0.3 is 34.9 Å². The van der Waals surface area contributed by atoms with Gasteiger partial charge in [0.15, 0.2) is 0 Å². The molecule has 2 amide bonds. The van der Waals surface area contributed by atoms with E-state index in [1.165, 1.54) is 7.11 Å². The van der Waals surface area contributed by atoms with E-state index in [0.717, 1.165) is 49.2 Å². The number of methoxy groups -OCH3 is 1. The van der Waals surface area contributed by atoms with Crippen LogP contribution >= 0.6 is 11.6 Å². The lowest BCUT2D eigenvalue weighted by Gasteiger charge is -2.26. The molecule has 2 aliphatic rings. The van der Waals surface area contributed by atoms with Crippen LogP contribution in [0.15, 0.2) is 36.4 Å². The van der Waals surface area contributed by atoms with Crippen molar-refractivity contribution in [1.82, 2.24) is 16.0 Å². The molecule has 0 bridgehead atoms. The first-order chi connectivity index (χ1) is 19.0. The van der Waals surface area contributed by atoms with Crippen LogP contribution in [0.25, 0.3) is 0 Å². The molecule has 2 aromatic carbocycles. The smallest absolute Gasteiger partial charge is 0.406 e. The average Bonchev–Trinajstić information content (AvgIpc) is 3.44. The van der Waals surface area contributed by atoms with Crippen molar-refractivity contribution < 1.29 is 28.5 Å². The van der Waals surface area contributed by atoms with Gasteiger partial charge in [-0.2, -0.15) is 0 Å². The Bertz CT molecular complexity index is 1120. The summed E-state index contributed by atoms with van der Waals surface area (Å²) in [4.78, 5) is 24.8. The summed E-state index contributed by atoms with van der Waals surface area (Å²) in [5, 5.41) is 9.64. The minimum absolute atomic E-state index is 0.149. The van der Waals surface area contributed by atoms with E-state index in [9.17, 15) is 9.59 Å². The topological polar surface area (TPSA) is 107 Å². The molecule has 9 nitrogen and oxygen atoms in total. The molecule has 2 aliphatic heterocycles. The molecule has 4 rings (SSSR count). The largest absolute Gasteiger partial charge is 0.493 e. The van der Waals surface area contributed by atoms with Gasteiger partial charge in [-0.3, -0.25) is 4.79 Å². The Balaban J connectivity index is 1.52. The predicted octanol–water partition coefficient (Wildman–Crippen LogP) is 3.87. The first-order valence-corrected chi connectivity index (χ1v) is 13.9. The fourth-order valence-electron chi connectivity index (χ4n) is 5.15. The lowest BCUT2D eigenvalue weighted by molar-refractivity contribution is 0.0478. The van der Waals surface area contributed by atoms with Crippen molar-refractivity contribution in [1.29, 1.82) is 0 Å². The molecule has 10 heteroatoms. The number of hydrogen-bond donors (Lipinski definition) is 3. The third-order valence-electron chi connectivity index (χ3n) is 7.18. The molecular weight excluding hydrogens is 522 g/mol. The standard InChI is InChI=1S/C29H38ClN3O6/c1-31-23(13-19-5-4-10-37-18-19)17-33-28(34)21-15-25(24-8-11-38-26(24)16-21)27(20-6-3-7-22(30)14-20)39-12-9-32-29(35)36-2/h3,6-7,14-16,19,23,27,31H,4-5,8-13,17-18H2,1-2H3,(H,32,35)(H,33,34)/t19-,23+,27-/m1/s1. The van der Waals surface area contributed by atoms with Crippen molar-refractivity contribution in [2.45, 2.75) is 37.8 Å². The van der Waals surface area contributed by atoms with Crippen LogP contribution in [0.1, 0.15) is 52.4 Å². The molecule has 0 unspecified atom stereocenters. The van der Waals surface area contributed by atoms with E-state index in [-0.39, 0.29) is 25.1 Å². The monoisotopic (exact) mass is 559 g/mol. The van der Waals surface area contributed by atoms with E-state index in [1.54, 1.807) is 12.1 Å². The van der Waals surface area contributed by atoms with Gasteiger partial charge in [0.05, 0.1) is 20.3 Å². The average molecular weight is 560 g/mol. The molecule has 0 aromatic heterocycles. The van der Waals surface area contributed by atoms with E-state index >= 15 is 0 Å². The Morgan fingerprint density at radius 2 is 2.05 bits per heavy atom. The quantitative estimate of drug-likeness (QED) is 0.339. The maximum Gasteiger partial charge on any atom is 0.406 e. The number of ether oxygens (including phenoxy) is 4. The second-order valence-corrected chi connectivity index (χ2v) is 10.3. The van der Waals surface area contributed by atoms with Crippen molar-refractivity contribution >= 4 is 23.6 Å². The lowest BCUT2D eigenvalue weighted by atomic mass is 9.92. The Morgan fingerprint density at radius 1 is 1.18 bits per heavy atom. The van der Waals surface area contributed by atoms with Gasteiger partial charge in [0.2, 0.25) is 0 Å². The van der Waals surface area contributed by atoms with Crippen LogP contribution in [0.5, 0.6) is 5.75 Å². The zero-order valence-corrected chi connectivity index (χ0v) is 23.4. The van der Waals surface area contributed by atoms with Crippen molar-refractivity contribution in [3.05, 3.63) is 63.7 Å². The second-order valence-electron chi connectivity index (χ2n) is 9.88. The highest BCUT2D eigenvalue weighted by Gasteiger charge is 2.27. The molecule has 0 aliphatic carbocycles. The van der Waals surface area contributed by atoms with E-state index < -0.39 is 12.2 Å². The van der Waals surface area contributed by atoms with Crippen molar-refractivity contribution in [3.63, 3.8) is 0 Å². The SMILES string of the molecule is CN[C@H](CNC(=O)c1cc2c(c([C@H](OCCNC(=O)OC)c3cccc(Cl)c3)c1)CCO2)C[C@H]1CCCOC1. The van der Waals surface area contributed by atoms with Crippen molar-refractivity contribution in [2.24, 2.45) is 5.92 Å². The number of benzene rings is 2. The van der Waals surface area contributed by atoms with Crippen LogP contribution in [0.2, 0.25) is 5.02 Å². The van der Waals surface area contributed by atoms with Crippen molar-refractivity contribution in [2.75, 3.05) is 53.7 Å². The summed E-state index contributed by atoms with van der Waals surface area (Å²) >= 11 is 6.32. The molecule has 1 fully saturated rings. The summed E-state index contributed by atoms with van der Waals surface area (Å²) in [6.45, 7) is 3.14. The van der Waals surface area contributed by atoms with Crippen LogP contribution < -0.4 is 20.7 Å². The Kier molecular flexibility index (Phi) is 10.8. The van der Waals surface area contributed by atoms with Gasteiger partial charge in [0.1, 0.15) is 11.9 Å². The number of alkyl carbamates (subject to hydrolysis) is 1. The van der Waals surface area contributed by atoms with Gasteiger partial charge in [-0.05, 0) is 67.6 Å². The highest BCUT2D eigenvalue weighted by molar-refractivity contribution is 6.30. The summed E-state index contributed by atoms with van der Waals surface area (Å²) < 4.78 is 22.4. The van der Waals surface area contributed by atoms with Crippen molar-refractivity contribution in [3.8, 4) is 5.75 Å². The first-order valence-electron chi connectivity index (χ1n) is 13.5. The zero-order valence-electron chi connectivity index (χ0n) is 22.6. The van der Waals surface area contributed by atoms with Gasteiger partial charge in [0, 0.05) is 54.9 Å². The molecule has 3 N–H and O–H groups in total. The number of likely N-dealkylation sites (N-methyl/N-ethyl adjacent to an activating group) is 1. The normalized spacial score (nSPS) is 18.0. The predicted molar refractivity (Wildman–Crippen MR) is 149 cm³/mol. The van der Waals surface area contributed by atoms with Crippen LogP contribution in [0.3, 0.4) is 0 Å². The van der Waals surface area contributed by atoms with Gasteiger partial charge in [-0.25, -0.2) is 4.79 Å². The number of nitrogens with one attached hydrogen (secondary N) is 3. The van der Waals surface area contributed by atoms with E-state index in [0.29, 0.717) is 41.8 Å². The molecule has 0 saturated carbocycles. The maximum absolute atomic E-state index is 13.3. The molecule has 212 valence electrons. The molecule has 2 aromatic rings. The highest BCUT2D eigenvalue weighted by atomic mass is 35.5. The second kappa shape index (κ2) is 14.5. The minimum atomic E-state index is -0.526. The molecule has 0 spiro atoms. The number of fused-ring (bicyclic) bond motifs is 1. The molecular formula is C29H38ClN3O6. The van der Waals surface area contributed by atoms with Gasteiger partial charge >= 0.3 is 6.09 Å². The van der Waals surface area contributed by atoms with E-state index in [4.69, 9.17) is 25.8 Å². The van der Waals surface area contributed by atoms with Crippen LogP contribution in [0, 0.1) is 5.92 Å². The fraction of sp³-hybridized carbons (Fsp3) is 0.517. The van der Waals surface area contributed by atoms with Crippen LogP contribution in [0.4, 0.5) is 4.79 Å². The lowest BCUT2D eigenvalue weighted by Crippen LogP contribution is -2.41. The molecule has 2 heterocycles. The summed E-state index contributed by atoms with van der Waals surface area (Å²) in [7, 11) is 3.23. The fourth-order valence-corrected chi connectivity index (χ4v) is 5.34. The third-order valence-corrected chi connectivity index (χ3v) is 7.42. The van der Waals surface area contributed by atoms with E-state index in [1.807, 2.05) is 31.3 Å². The minimum Gasteiger partial charge on any atom is -0.493 e. The summed E-state index contributed by atoms with van der Waals surface area (Å²) in [6, 6.07) is 11.3. The number of rotatable bonds is 12. The molecule has 0 radical (unpaired) electrons. The summed E-state index contributed by atoms with van der Waals surface area (Å²) in [6.07, 6.45) is 2.85. The number of carbonyl (C=O) groups excluding carboxylic acids is 2. The summed E-state index contributed by atoms with van der Waals surface area (Å²) in [5.74, 6) is 1.01. The van der Waals surface area contributed by atoms with Gasteiger partial charge in [-0.15, -0.1) is 0 Å². The molecule has 39 heavy (non-hydrogen) atoms. The Labute approximate surface area is 234 Å². The molecule has 1 saturated heterocycles. The number of hydrogen-bond acceptors (Lipinski definition) is 7. The van der Waals surface area contributed by atoms with Gasteiger partial charge in [0.25, 0.3) is 5.91 Å². The molecule has 3 atom stereocenters. The first kappa shape index (κ1) is 29.1. The Morgan fingerprint density at radius 3 is 2.79 bits per heavy atom. The number of carbonyl (C=O) groups is 2. The number of amides is 2. The maximum atomic E-state index is 13.3. The summed E-state index contributed by atoms with van der Waals surface area (Å²) in [5.41, 5.74) is 3.20. The van der Waals surface area contributed by atoms with Crippen LogP contribution in [-0.2, 0) is 20.6 Å². The third kappa shape index (κ3) is 8.08.